The number of nitrogens with one attached hydrogen (secondary N) is 1. The van der Waals surface area contributed by atoms with Crippen LogP contribution in [0.5, 0.6) is 0 Å². The largest absolute Gasteiger partial charge is 0.326 e. The molecule has 20 heavy (non-hydrogen) atoms. The van der Waals surface area contributed by atoms with Crippen LogP contribution in [0, 0.1) is 11.8 Å². The fourth-order valence-corrected chi connectivity index (χ4v) is 3.13. The zero-order valence-corrected chi connectivity index (χ0v) is 13.4. The molecule has 0 radical (unpaired) electrons. The molecule has 1 aliphatic rings. The second-order valence-electron chi connectivity index (χ2n) is 6.10. The lowest BCUT2D eigenvalue weighted by molar-refractivity contribution is -0.127. The van der Waals surface area contributed by atoms with E-state index in [1.165, 1.54) is 4.90 Å². The Labute approximate surface area is 120 Å². The lowest BCUT2D eigenvalue weighted by Crippen LogP contribution is -2.35. The van der Waals surface area contributed by atoms with Crippen LogP contribution in [0.25, 0.3) is 0 Å². The number of nitrogens with zero attached hydrogens (tertiary/aromatic N) is 1. The molecule has 1 saturated heterocycles. The smallest absolute Gasteiger partial charge is 0.324 e. The molecule has 1 N–H and O–H groups in total. The standard InChI is InChI=1S/C13H24N2O4S/c1-9(2)7-10(3)8-15-12(16)11(14-13(15)17)5-6-20(4,18)19/h9-11H,5-8H2,1-4H3,(H,14,17)/t10-,11-/m0/s1. The van der Waals surface area contributed by atoms with Gasteiger partial charge in [0.05, 0.1) is 5.75 Å². The summed E-state index contributed by atoms with van der Waals surface area (Å²) in [6.45, 7) is 6.58. The number of hydrogen-bond donors (Lipinski definition) is 1. The Morgan fingerprint density at radius 2 is 1.85 bits per heavy atom. The molecular weight excluding hydrogens is 280 g/mol. The van der Waals surface area contributed by atoms with Crippen molar-refractivity contribution in [1.29, 1.82) is 0 Å². The summed E-state index contributed by atoms with van der Waals surface area (Å²) in [7, 11) is -3.13. The first-order chi connectivity index (χ1) is 9.10. The number of sulfone groups is 1. The van der Waals surface area contributed by atoms with Crippen molar-refractivity contribution in [3.05, 3.63) is 0 Å². The van der Waals surface area contributed by atoms with E-state index < -0.39 is 21.9 Å². The van der Waals surface area contributed by atoms with Crippen LogP contribution in [0.15, 0.2) is 0 Å². The third kappa shape index (κ3) is 5.11. The van der Waals surface area contributed by atoms with Crippen molar-refractivity contribution in [3.8, 4) is 0 Å². The lowest BCUT2D eigenvalue weighted by Gasteiger charge is -2.19. The van der Waals surface area contributed by atoms with Gasteiger partial charge in [-0.15, -0.1) is 0 Å². The Bertz CT molecular complexity index is 473. The second kappa shape index (κ2) is 6.56. The first kappa shape index (κ1) is 16.9. The molecule has 1 aliphatic heterocycles. The summed E-state index contributed by atoms with van der Waals surface area (Å²) in [4.78, 5) is 25.1. The Kier molecular flexibility index (Phi) is 5.56. The Hall–Kier alpha value is -1.11. The van der Waals surface area contributed by atoms with Crippen molar-refractivity contribution in [2.75, 3.05) is 18.6 Å². The van der Waals surface area contributed by atoms with Crippen LogP contribution in [0.3, 0.4) is 0 Å². The molecule has 1 rings (SSSR count). The maximum atomic E-state index is 12.1. The van der Waals surface area contributed by atoms with Gasteiger partial charge >= 0.3 is 6.03 Å². The summed E-state index contributed by atoms with van der Waals surface area (Å²) in [5.74, 6) is 0.332. The molecule has 116 valence electrons. The minimum atomic E-state index is -3.13. The fraction of sp³-hybridized carbons (Fsp3) is 0.846. The summed E-state index contributed by atoms with van der Waals surface area (Å²) in [6.07, 6.45) is 2.19. The van der Waals surface area contributed by atoms with E-state index >= 15 is 0 Å². The second-order valence-corrected chi connectivity index (χ2v) is 8.36. The Balaban J connectivity index is 2.58. The highest BCUT2D eigenvalue weighted by molar-refractivity contribution is 7.90. The monoisotopic (exact) mass is 304 g/mol. The van der Waals surface area contributed by atoms with E-state index in [4.69, 9.17) is 0 Å². The minimum absolute atomic E-state index is 0.0981. The van der Waals surface area contributed by atoms with E-state index in [1.807, 2.05) is 6.92 Å². The van der Waals surface area contributed by atoms with Gasteiger partial charge in [0.15, 0.2) is 0 Å². The van der Waals surface area contributed by atoms with Crippen molar-refractivity contribution in [2.24, 2.45) is 11.8 Å². The highest BCUT2D eigenvalue weighted by Crippen LogP contribution is 2.17. The van der Waals surface area contributed by atoms with Gasteiger partial charge in [-0.3, -0.25) is 9.69 Å². The van der Waals surface area contributed by atoms with Gasteiger partial charge in [0.25, 0.3) is 5.91 Å². The van der Waals surface area contributed by atoms with Gasteiger partial charge in [-0.25, -0.2) is 13.2 Å². The highest BCUT2D eigenvalue weighted by atomic mass is 32.2. The number of hydrogen-bond acceptors (Lipinski definition) is 4. The topological polar surface area (TPSA) is 83.6 Å². The normalized spacial score (nSPS) is 21.4. The first-order valence-corrected chi connectivity index (χ1v) is 8.95. The number of amides is 3. The molecule has 0 aliphatic carbocycles. The average Bonchev–Trinajstić information content (AvgIpc) is 2.52. The van der Waals surface area contributed by atoms with E-state index in [9.17, 15) is 18.0 Å². The lowest BCUT2D eigenvalue weighted by atomic mass is 9.98. The molecule has 1 heterocycles. The molecule has 0 unspecified atom stereocenters. The summed E-state index contributed by atoms with van der Waals surface area (Å²) < 4.78 is 22.2. The fourth-order valence-electron chi connectivity index (χ4n) is 2.47. The maximum Gasteiger partial charge on any atom is 0.324 e. The third-order valence-corrected chi connectivity index (χ3v) is 4.23. The quantitative estimate of drug-likeness (QED) is 0.712. The summed E-state index contributed by atoms with van der Waals surface area (Å²) >= 11 is 0. The zero-order valence-electron chi connectivity index (χ0n) is 12.5. The van der Waals surface area contributed by atoms with Crippen molar-refractivity contribution in [2.45, 2.75) is 39.7 Å². The van der Waals surface area contributed by atoms with Crippen molar-refractivity contribution in [3.63, 3.8) is 0 Å². The van der Waals surface area contributed by atoms with Gasteiger partial charge in [0.2, 0.25) is 0 Å². The van der Waals surface area contributed by atoms with Gasteiger partial charge in [-0.05, 0) is 24.7 Å². The average molecular weight is 304 g/mol. The molecule has 1 fully saturated rings. The predicted molar refractivity (Wildman–Crippen MR) is 77.0 cm³/mol. The predicted octanol–water partition coefficient (Wildman–Crippen LogP) is 1.02. The van der Waals surface area contributed by atoms with Crippen LogP contribution in [-0.4, -0.2) is 49.9 Å². The SMILES string of the molecule is CC(C)C[C@H](C)CN1C(=O)N[C@@H](CCS(C)(=O)=O)C1=O. The minimum Gasteiger partial charge on any atom is -0.326 e. The van der Waals surface area contributed by atoms with Gasteiger partial charge < -0.3 is 5.32 Å². The number of carbonyl (C=O) groups is 2. The molecular formula is C13H24N2O4S. The molecule has 3 amide bonds. The third-order valence-electron chi connectivity index (χ3n) is 3.25. The van der Waals surface area contributed by atoms with E-state index in [0.717, 1.165) is 12.7 Å². The van der Waals surface area contributed by atoms with Crippen LogP contribution in [0.1, 0.15) is 33.6 Å². The molecule has 0 aromatic heterocycles. The summed E-state index contributed by atoms with van der Waals surface area (Å²) in [5.41, 5.74) is 0. The Morgan fingerprint density at radius 3 is 2.35 bits per heavy atom. The van der Waals surface area contributed by atoms with Gasteiger partial charge in [0, 0.05) is 12.8 Å². The summed E-state index contributed by atoms with van der Waals surface area (Å²) in [5, 5.41) is 2.56. The molecule has 0 spiro atoms. The van der Waals surface area contributed by atoms with E-state index in [0.29, 0.717) is 12.5 Å². The molecule has 7 heteroatoms. The van der Waals surface area contributed by atoms with Crippen LogP contribution in [0.2, 0.25) is 0 Å². The van der Waals surface area contributed by atoms with E-state index in [-0.39, 0.29) is 24.0 Å². The van der Waals surface area contributed by atoms with Crippen LogP contribution in [-0.2, 0) is 14.6 Å². The van der Waals surface area contributed by atoms with Gasteiger partial charge in [0.1, 0.15) is 15.9 Å². The van der Waals surface area contributed by atoms with Crippen molar-refractivity contribution in [1.82, 2.24) is 10.2 Å². The van der Waals surface area contributed by atoms with Gasteiger partial charge in [-0.1, -0.05) is 20.8 Å². The molecule has 2 atom stereocenters. The van der Waals surface area contributed by atoms with Crippen LogP contribution in [0.4, 0.5) is 4.79 Å². The first-order valence-electron chi connectivity index (χ1n) is 6.89. The van der Waals surface area contributed by atoms with Crippen molar-refractivity contribution >= 4 is 21.8 Å². The highest BCUT2D eigenvalue weighted by Gasteiger charge is 2.38. The van der Waals surface area contributed by atoms with Gasteiger partial charge in [-0.2, -0.15) is 0 Å². The zero-order chi connectivity index (χ0) is 15.5. The number of carbonyl (C=O) groups excluding carboxylic acids is 2. The van der Waals surface area contributed by atoms with E-state index in [2.05, 4.69) is 19.2 Å². The number of imide groups is 1. The van der Waals surface area contributed by atoms with E-state index in [1.54, 1.807) is 0 Å². The molecule has 0 aromatic carbocycles. The van der Waals surface area contributed by atoms with Crippen LogP contribution < -0.4 is 5.32 Å². The molecule has 0 aromatic rings. The summed E-state index contributed by atoms with van der Waals surface area (Å²) in [6, 6.07) is -1.12. The van der Waals surface area contributed by atoms with Crippen LogP contribution >= 0.6 is 0 Å². The van der Waals surface area contributed by atoms with Crippen molar-refractivity contribution < 1.29 is 18.0 Å². The molecule has 6 nitrogen and oxygen atoms in total. The maximum absolute atomic E-state index is 12.1. The molecule has 0 saturated carbocycles. The number of urea groups is 1. The number of rotatable bonds is 7. The Morgan fingerprint density at radius 1 is 1.25 bits per heavy atom. The molecule has 0 bridgehead atoms.